The Kier molecular flexibility index (Phi) is 2.96. The third kappa shape index (κ3) is 2.67. The minimum Gasteiger partial charge on any atom is -0.339 e. The topological polar surface area (TPSA) is 46.3 Å². The molecule has 1 heterocycles. The lowest BCUT2D eigenvalue weighted by molar-refractivity contribution is -0.137. The summed E-state index contributed by atoms with van der Waals surface area (Å²) in [5, 5.41) is 0. The van der Waals surface area contributed by atoms with Gasteiger partial charge >= 0.3 is 0 Å². The van der Waals surface area contributed by atoms with Crippen LogP contribution in [0.3, 0.4) is 0 Å². The summed E-state index contributed by atoms with van der Waals surface area (Å²) >= 11 is 0. The summed E-state index contributed by atoms with van der Waals surface area (Å²) in [5.41, 5.74) is 9.30. The van der Waals surface area contributed by atoms with Gasteiger partial charge in [-0.25, -0.2) is 0 Å². The highest BCUT2D eigenvalue weighted by Crippen LogP contribution is 2.19. The molecule has 0 radical (unpaired) electrons. The van der Waals surface area contributed by atoms with Crippen LogP contribution in [-0.4, -0.2) is 29.4 Å². The molecule has 1 aliphatic heterocycles. The summed E-state index contributed by atoms with van der Waals surface area (Å²) in [7, 11) is 0. The summed E-state index contributed by atoms with van der Waals surface area (Å²) in [6.45, 7) is 7.49. The second kappa shape index (κ2) is 4.15. The highest BCUT2D eigenvalue weighted by Gasteiger charge is 2.37. The zero-order valence-electron chi connectivity index (χ0n) is 10.8. The molecule has 92 valence electrons. The normalized spacial score (nSPS) is 17.8. The largest absolute Gasteiger partial charge is 0.339 e. The summed E-state index contributed by atoms with van der Waals surface area (Å²) in [6, 6.07) is 6.19. The number of aryl methyl sites for hydroxylation is 2. The first-order chi connectivity index (χ1) is 7.87. The molecule has 3 heteroatoms. The Labute approximate surface area is 103 Å². The van der Waals surface area contributed by atoms with Crippen LogP contribution < -0.4 is 5.73 Å². The fraction of sp³-hybridized carbons (Fsp3) is 0.500. The molecule has 1 amide bonds. The van der Waals surface area contributed by atoms with Gasteiger partial charge in [0.05, 0.1) is 6.42 Å². The zero-order valence-corrected chi connectivity index (χ0v) is 10.8. The first-order valence-electron chi connectivity index (χ1n) is 6.00. The van der Waals surface area contributed by atoms with Crippen LogP contribution in [0.5, 0.6) is 0 Å². The number of likely N-dealkylation sites (tertiary alicyclic amines) is 1. The molecule has 0 aliphatic carbocycles. The van der Waals surface area contributed by atoms with Crippen LogP contribution in [0.4, 0.5) is 0 Å². The highest BCUT2D eigenvalue weighted by atomic mass is 16.2. The van der Waals surface area contributed by atoms with E-state index in [4.69, 9.17) is 5.73 Å². The minimum absolute atomic E-state index is 0.177. The Balaban J connectivity index is 1.97. The Morgan fingerprint density at radius 3 is 2.53 bits per heavy atom. The van der Waals surface area contributed by atoms with Crippen molar-refractivity contribution in [1.29, 1.82) is 0 Å². The Bertz CT molecular complexity index is 444. The number of benzene rings is 1. The first-order valence-corrected chi connectivity index (χ1v) is 6.00. The quantitative estimate of drug-likeness (QED) is 0.838. The molecular formula is C14H20N2O. The van der Waals surface area contributed by atoms with E-state index in [2.05, 4.69) is 26.0 Å². The van der Waals surface area contributed by atoms with Gasteiger partial charge in [0.1, 0.15) is 0 Å². The van der Waals surface area contributed by atoms with Crippen molar-refractivity contribution < 1.29 is 4.79 Å². The van der Waals surface area contributed by atoms with E-state index in [-0.39, 0.29) is 11.4 Å². The average Bonchev–Trinajstić information content (AvgIpc) is 2.20. The third-order valence-electron chi connectivity index (χ3n) is 3.38. The van der Waals surface area contributed by atoms with Gasteiger partial charge in [-0.15, -0.1) is 0 Å². The van der Waals surface area contributed by atoms with Crippen molar-refractivity contribution in [3.63, 3.8) is 0 Å². The van der Waals surface area contributed by atoms with Crippen molar-refractivity contribution in [2.75, 3.05) is 13.1 Å². The van der Waals surface area contributed by atoms with Gasteiger partial charge < -0.3 is 10.6 Å². The van der Waals surface area contributed by atoms with Crippen molar-refractivity contribution >= 4 is 5.91 Å². The van der Waals surface area contributed by atoms with Gasteiger partial charge in [-0.05, 0) is 37.5 Å². The molecule has 0 aromatic heterocycles. The standard InChI is InChI=1S/C14H20N2O/c1-10-4-5-12(6-11(10)2)7-13(17)16-8-14(3,15)9-16/h4-6H,7-9,15H2,1-3H3. The fourth-order valence-corrected chi connectivity index (χ4v) is 2.20. The number of carbonyl (C=O) groups is 1. The fourth-order valence-electron chi connectivity index (χ4n) is 2.20. The second-order valence-electron chi connectivity index (χ2n) is 5.50. The number of rotatable bonds is 2. The molecule has 17 heavy (non-hydrogen) atoms. The van der Waals surface area contributed by atoms with E-state index in [0.717, 1.165) is 5.56 Å². The molecule has 1 aromatic rings. The highest BCUT2D eigenvalue weighted by molar-refractivity contribution is 5.80. The van der Waals surface area contributed by atoms with E-state index < -0.39 is 0 Å². The first kappa shape index (κ1) is 12.1. The van der Waals surface area contributed by atoms with E-state index in [1.807, 2.05) is 17.9 Å². The molecule has 0 saturated carbocycles. The summed E-state index contributed by atoms with van der Waals surface area (Å²) in [6.07, 6.45) is 0.483. The van der Waals surface area contributed by atoms with Crippen LogP contribution >= 0.6 is 0 Å². The predicted octanol–water partition coefficient (Wildman–Crippen LogP) is 1.41. The van der Waals surface area contributed by atoms with E-state index in [1.165, 1.54) is 11.1 Å². The van der Waals surface area contributed by atoms with Gasteiger partial charge in [0, 0.05) is 18.6 Å². The van der Waals surface area contributed by atoms with Gasteiger partial charge in [-0.3, -0.25) is 4.79 Å². The molecule has 0 atom stereocenters. The number of hydrogen-bond donors (Lipinski definition) is 1. The molecular weight excluding hydrogens is 212 g/mol. The maximum absolute atomic E-state index is 11.9. The van der Waals surface area contributed by atoms with Crippen molar-refractivity contribution in [2.45, 2.75) is 32.7 Å². The molecule has 0 spiro atoms. The molecule has 0 unspecified atom stereocenters. The van der Waals surface area contributed by atoms with E-state index >= 15 is 0 Å². The van der Waals surface area contributed by atoms with Gasteiger partial charge in [0.25, 0.3) is 0 Å². The van der Waals surface area contributed by atoms with E-state index in [9.17, 15) is 4.79 Å². The van der Waals surface area contributed by atoms with Crippen LogP contribution in [0.1, 0.15) is 23.6 Å². The minimum atomic E-state index is -0.182. The molecule has 0 bridgehead atoms. The maximum atomic E-state index is 11.9. The number of hydrogen-bond acceptors (Lipinski definition) is 2. The van der Waals surface area contributed by atoms with Gasteiger partial charge in [0.15, 0.2) is 0 Å². The molecule has 2 N–H and O–H groups in total. The van der Waals surface area contributed by atoms with E-state index in [1.54, 1.807) is 0 Å². The van der Waals surface area contributed by atoms with Crippen molar-refractivity contribution in [3.8, 4) is 0 Å². The molecule has 1 fully saturated rings. The van der Waals surface area contributed by atoms with Crippen LogP contribution in [0.25, 0.3) is 0 Å². The third-order valence-corrected chi connectivity index (χ3v) is 3.38. The zero-order chi connectivity index (χ0) is 12.6. The summed E-state index contributed by atoms with van der Waals surface area (Å²) in [5.74, 6) is 0.177. The molecule has 3 nitrogen and oxygen atoms in total. The number of carbonyl (C=O) groups excluding carboxylic acids is 1. The van der Waals surface area contributed by atoms with Crippen molar-refractivity contribution in [1.82, 2.24) is 4.90 Å². The predicted molar refractivity (Wildman–Crippen MR) is 68.8 cm³/mol. The molecule has 1 aromatic carbocycles. The lowest BCUT2D eigenvalue weighted by Crippen LogP contribution is -2.67. The van der Waals surface area contributed by atoms with E-state index in [0.29, 0.717) is 19.5 Å². The maximum Gasteiger partial charge on any atom is 0.227 e. The van der Waals surface area contributed by atoms with Crippen LogP contribution in [-0.2, 0) is 11.2 Å². The molecule has 1 aliphatic rings. The van der Waals surface area contributed by atoms with Crippen LogP contribution in [0.2, 0.25) is 0 Å². The number of amides is 1. The van der Waals surface area contributed by atoms with Gasteiger partial charge in [-0.2, -0.15) is 0 Å². The monoisotopic (exact) mass is 232 g/mol. The Hall–Kier alpha value is -1.35. The molecule has 2 rings (SSSR count). The number of nitrogens with zero attached hydrogens (tertiary/aromatic N) is 1. The summed E-state index contributed by atoms with van der Waals surface area (Å²) in [4.78, 5) is 13.8. The van der Waals surface area contributed by atoms with Crippen LogP contribution in [0, 0.1) is 13.8 Å². The SMILES string of the molecule is Cc1ccc(CC(=O)N2CC(C)(N)C2)cc1C. The van der Waals surface area contributed by atoms with Crippen LogP contribution in [0.15, 0.2) is 18.2 Å². The average molecular weight is 232 g/mol. The lowest BCUT2D eigenvalue weighted by Gasteiger charge is -2.45. The lowest BCUT2D eigenvalue weighted by atomic mass is 9.93. The van der Waals surface area contributed by atoms with Gasteiger partial charge in [-0.1, -0.05) is 18.2 Å². The Morgan fingerprint density at radius 2 is 2.00 bits per heavy atom. The smallest absolute Gasteiger partial charge is 0.227 e. The van der Waals surface area contributed by atoms with Crippen molar-refractivity contribution in [3.05, 3.63) is 34.9 Å². The molecule has 1 saturated heterocycles. The summed E-state index contributed by atoms with van der Waals surface area (Å²) < 4.78 is 0. The Morgan fingerprint density at radius 1 is 1.35 bits per heavy atom. The second-order valence-corrected chi connectivity index (χ2v) is 5.50. The number of nitrogens with two attached hydrogens (primary N) is 1. The van der Waals surface area contributed by atoms with Gasteiger partial charge in [0.2, 0.25) is 5.91 Å². The van der Waals surface area contributed by atoms with Crippen molar-refractivity contribution in [2.24, 2.45) is 5.73 Å².